The van der Waals surface area contributed by atoms with E-state index < -0.39 is 0 Å². The number of rotatable bonds is 2. The Balaban J connectivity index is 0.000000861. The molecule has 0 N–H and O–H groups in total. The first-order valence-electron chi connectivity index (χ1n) is 7.45. The number of piperidine rings is 1. The summed E-state index contributed by atoms with van der Waals surface area (Å²) in [6.45, 7) is 12.7. The zero-order valence-corrected chi connectivity index (χ0v) is 12.9. The molecule has 108 valence electrons. The largest absolute Gasteiger partial charge is 0.370 e. The Labute approximate surface area is 117 Å². The van der Waals surface area contributed by atoms with Gasteiger partial charge in [0.25, 0.3) is 0 Å². The average Bonchev–Trinajstić information content (AvgIpc) is 2.41. The van der Waals surface area contributed by atoms with Crippen molar-refractivity contribution in [3.63, 3.8) is 0 Å². The summed E-state index contributed by atoms with van der Waals surface area (Å²) < 4.78 is 13.0. The molecule has 0 aliphatic carbocycles. The van der Waals surface area contributed by atoms with Crippen LogP contribution < -0.4 is 4.90 Å². The highest BCUT2D eigenvalue weighted by atomic mass is 19.1. The summed E-state index contributed by atoms with van der Waals surface area (Å²) in [5.41, 5.74) is 2.08. The second-order valence-corrected chi connectivity index (χ2v) is 5.36. The molecule has 2 rings (SSSR count). The number of hydrogen-bond donors (Lipinski definition) is 0. The highest BCUT2D eigenvalue weighted by Crippen LogP contribution is 2.29. The lowest BCUT2D eigenvalue weighted by Crippen LogP contribution is -2.35. The van der Waals surface area contributed by atoms with Gasteiger partial charge in [-0.3, -0.25) is 0 Å². The minimum atomic E-state index is -0.386. The first-order valence-corrected chi connectivity index (χ1v) is 7.45. The summed E-state index contributed by atoms with van der Waals surface area (Å²) in [5, 5.41) is 0. The molecule has 1 aliphatic rings. The van der Waals surface area contributed by atoms with Crippen LogP contribution in [0.3, 0.4) is 0 Å². The van der Waals surface area contributed by atoms with Crippen molar-refractivity contribution in [2.45, 2.75) is 47.5 Å². The van der Waals surface area contributed by atoms with Crippen LogP contribution in [0.25, 0.3) is 0 Å². The van der Waals surface area contributed by atoms with Gasteiger partial charge in [0.05, 0.1) is 11.9 Å². The van der Waals surface area contributed by atoms with Crippen molar-refractivity contribution >= 4 is 5.69 Å². The lowest BCUT2D eigenvalue weighted by molar-refractivity contribution is 0.311. The van der Waals surface area contributed by atoms with Crippen molar-refractivity contribution < 1.29 is 4.39 Å². The van der Waals surface area contributed by atoms with Crippen LogP contribution in [-0.4, -0.2) is 18.1 Å². The van der Waals surface area contributed by atoms with Gasteiger partial charge in [-0.25, -0.2) is 4.98 Å². The number of aryl methyl sites for hydroxylation is 1. The Hall–Kier alpha value is -1.12. The summed E-state index contributed by atoms with van der Waals surface area (Å²) in [5.74, 6) is 1.22. The molecule has 1 aromatic rings. The van der Waals surface area contributed by atoms with E-state index in [1.165, 1.54) is 18.9 Å². The van der Waals surface area contributed by atoms with Crippen molar-refractivity contribution in [3.8, 4) is 0 Å². The number of pyridine rings is 1. The molecule has 1 aromatic heterocycles. The third-order valence-electron chi connectivity index (χ3n) is 3.87. The quantitative estimate of drug-likeness (QED) is 0.736. The van der Waals surface area contributed by atoms with Crippen LogP contribution in [-0.2, 0) is 0 Å². The SMILES string of the molecule is CC.Cc1cc(F)ncc1N1CCC(C(C)C)CC1. The summed E-state index contributed by atoms with van der Waals surface area (Å²) >= 11 is 0. The Kier molecular flexibility index (Phi) is 6.26. The second-order valence-electron chi connectivity index (χ2n) is 5.36. The Bertz CT molecular complexity index is 382. The minimum Gasteiger partial charge on any atom is -0.370 e. The van der Waals surface area contributed by atoms with E-state index in [0.29, 0.717) is 0 Å². The third kappa shape index (κ3) is 4.19. The normalized spacial score (nSPS) is 16.3. The molecular weight excluding hydrogens is 239 g/mol. The Morgan fingerprint density at radius 1 is 1.26 bits per heavy atom. The van der Waals surface area contributed by atoms with E-state index in [4.69, 9.17) is 0 Å². The van der Waals surface area contributed by atoms with E-state index >= 15 is 0 Å². The van der Waals surface area contributed by atoms with Gasteiger partial charge in [-0.15, -0.1) is 0 Å². The molecule has 19 heavy (non-hydrogen) atoms. The standard InChI is InChI=1S/C14H21FN2.C2H6/c1-10(2)12-4-6-17(7-5-12)13-9-16-14(15)8-11(13)3;1-2/h8-10,12H,4-7H2,1-3H3;1-2H3. The molecule has 1 aliphatic heterocycles. The molecule has 1 saturated heterocycles. The van der Waals surface area contributed by atoms with Crippen molar-refractivity contribution in [2.24, 2.45) is 11.8 Å². The van der Waals surface area contributed by atoms with Gasteiger partial charge in [0, 0.05) is 13.1 Å². The van der Waals surface area contributed by atoms with Crippen LogP contribution in [0.4, 0.5) is 10.1 Å². The van der Waals surface area contributed by atoms with E-state index in [-0.39, 0.29) is 5.95 Å². The topological polar surface area (TPSA) is 16.1 Å². The van der Waals surface area contributed by atoms with E-state index in [9.17, 15) is 4.39 Å². The molecule has 0 amide bonds. The van der Waals surface area contributed by atoms with Crippen LogP contribution in [0.15, 0.2) is 12.3 Å². The number of anilines is 1. The highest BCUT2D eigenvalue weighted by Gasteiger charge is 2.22. The maximum Gasteiger partial charge on any atom is 0.213 e. The highest BCUT2D eigenvalue weighted by molar-refractivity contribution is 5.51. The van der Waals surface area contributed by atoms with Gasteiger partial charge < -0.3 is 4.90 Å². The molecule has 0 unspecified atom stereocenters. The predicted molar refractivity (Wildman–Crippen MR) is 80.1 cm³/mol. The second kappa shape index (κ2) is 7.46. The van der Waals surface area contributed by atoms with Crippen molar-refractivity contribution in [1.29, 1.82) is 0 Å². The smallest absolute Gasteiger partial charge is 0.213 e. The fourth-order valence-electron chi connectivity index (χ4n) is 2.65. The third-order valence-corrected chi connectivity index (χ3v) is 3.87. The van der Waals surface area contributed by atoms with Gasteiger partial charge in [-0.05, 0) is 43.2 Å². The molecule has 3 heteroatoms. The Morgan fingerprint density at radius 2 is 1.84 bits per heavy atom. The molecule has 0 radical (unpaired) electrons. The Morgan fingerprint density at radius 3 is 2.32 bits per heavy atom. The zero-order chi connectivity index (χ0) is 14.4. The molecule has 2 heterocycles. The lowest BCUT2D eigenvalue weighted by Gasteiger charge is -2.35. The fourth-order valence-corrected chi connectivity index (χ4v) is 2.65. The molecule has 0 saturated carbocycles. The zero-order valence-electron chi connectivity index (χ0n) is 12.9. The van der Waals surface area contributed by atoms with Gasteiger partial charge in [0.1, 0.15) is 0 Å². The van der Waals surface area contributed by atoms with Crippen LogP contribution in [0.5, 0.6) is 0 Å². The van der Waals surface area contributed by atoms with Gasteiger partial charge >= 0.3 is 0 Å². The monoisotopic (exact) mass is 266 g/mol. The number of aromatic nitrogens is 1. The maximum absolute atomic E-state index is 13.0. The maximum atomic E-state index is 13.0. The summed E-state index contributed by atoms with van der Waals surface area (Å²) in [4.78, 5) is 6.09. The van der Waals surface area contributed by atoms with Crippen LogP contribution >= 0.6 is 0 Å². The summed E-state index contributed by atoms with van der Waals surface area (Å²) in [6, 6.07) is 1.52. The number of halogens is 1. The average molecular weight is 266 g/mol. The first-order chi connectivity index (χ1) is 9.08. The molecule has 0 bridgehead atoms. The van der Waals surface area contributed by atoms with Crippen molar-refractivity contribution in [2.75, 3.05) is 18.0 Å². The summed E-state index contributed by atoms with van der Waals surface area (Å²) in [6.07, 6.45) is 4.13. The molecule has 0 atom stereocenters. The van der Waals surface area contributed by atoms with Gasteiger partial charge in [-0.2, -0.15) is 4.39 Å². The van der Waals surface area contributed by atoms with E-state index in [2.05, 4.69) is 23.7 Å². The molecule has 0 spiro atoms. The van der Waals surface area contributed by atoms with E-state index in [1.54, 1.807) is 6.20 Å². The van der Waals surface area contributed by atoms with Crippen LogP contribution in [0, 0.1) is 24.7 Å². The van der Waals surface area contributed by atoms with Gasteiger partial charge in [0.15, 0.2) is 0 Å². The number of hydrogen-bond acceptors (Lipinski definition) is 2. The molecule has 1 fully saturated rings. The fraction of sp³-hybridized carbons (Fsp3) is 0.688. The van der Waals surface area contributed by atoms with Crippen LogP contribution in [0.1, 0.15) is 46.1 Å². The summed E-state index contributed by atoms with van der Waals surface area (Å²) in [7, 11) is 0. The lowest BCUT2D eigenvalue weighted by atomic mass is 9.86. The van der Waals surface area contributed by atoms with Crippen molar-refractivity contribution in [3.05, 3.63) is 23.8 Å². The minimum absolute atomic E-state index is 0.386. The van der Waals surface area contributed by atoms with Crippen molar-refractivity contribution in [1.82, 2.24) is 4.98 Å². The number of nitrogens with zero attached hydrogens (tertiary/aromatic N) is 2. The van der Waals surface area contributed by atoms with E-state index in [0.717, 1.165) is 36.2 Å². The predicted octanol–water partition coefficient (Wildman–Crippen LogP) is 4.43. The van der Waals surface area contributed by atoms with Gasteiger partial charge in [0.2, 0.25) is 5.95 Å². The van der Waals surface area contributed by atoms with E-state index in [1.807, 2.05) is 20.8 Å². The molecule has 2 nitrogen and oxygen atoms in total. The molecule has 0 aromatic carbocycles. The first kappa shape index (κ1) is 15.9. The van der Waals surface area contributed by atoms with Gasteiger partial charge in [-0.1, -0.05) is 27.7 Å². The molecular formula is C16H27FN2. The van der Waals surface area contributed by atoms with Crippen LogP contribution in [0.2, 0.25) is 0 Å².